The fourth-order valence-electron chi connectivity index (χ4n) is 5.09. The van der Waals surface area contributed by atoms with Crippen molar-refractivity contribution in [1.29, 1.82) is 0 Å². The predicted molar refractivity (Wildman–Crippen MR) is 133 cm³/mol. The number of hydrogen-bond donors (Lipinski definition) is 1. The van der Waals surface area contributed by atoms with Gasteiger partial charge in [0.2, 0.25) is 11.8 Å². The van der Waals surface area contributed by atoms with E-state index >= 15 is 0 Å². The number of likely N-dealkylation sites (tertiary alicyclic amines) is 2. The van der Waals surface area contributed by atoms with E-state index in [0.29, 0.717) is 60.3 Å². The second kappa shape index (κ2) is 10.7. The number of carbonyl (C=O) groups excluding carboxylic acids is 3. The van der Waals surface area contributed by atoms with Crippen LogP contribution in [0.25, 0.3) is 0 Å². The fraction of sp³-hybridized carbons (Fsp3) is 0.625. The summed E-state index contributed by atoms with van der Waals surface area (Å²) >= 11 is 13.0. The molecule has 1 aromatic carbocycles. The first kappa shape index (κ1) is 25.1. The number of nitrogens with zero attached hydrogens (tertiary/aromatic N) is 4. The van der Waals surface area contributed by atoms with Gasteiger partial charge < -0.3 is 20.0 Å². The van der Waals surface area contributed by atoms with E-state index in [0.717, 1.165) is 44.7 Å². The fourth-order valence-corrected chi connectivity index (χ4v) is 5.73. The summed E-state index contributed by atoms with van der Waals surface area (Å²) in [6.07, 6.45) is 2.62. The Bertz CT molecular complexity index is 914. The third-order valence-electron chi connectivity index (χ3n) is 7.18. The Balaban J connectivity index is 1.28. The van der Waals surface area contributed by atoms with Gasteiger partial charge in [-0.05, 0) is 25.0 Å². The summed E-state index contributed by atoms with van der Waals surface area (Å²) in [5.41, 5.74) is 1.12. The zero-order valence-corrected chi connectivity index (χ0v) is 21.4. The minimum atomic E-state index is -0.201. The predicted octanol–water partition coefficient (Wildman–Crippen LogP) is 2.79. The highest BCUT2D eigenvalue weighted by atomic mass is 35.5. The number of carbonyl (C=O) groups is 3. The van der Waals surface area contributed by atoms with Gasteiger partial charge in [-0.25, -0.2) is 0 Å². The average Bonchev–Trinajstić information content (AvgIpc) is 2.80. The van der Waals surface area contributed by atoms with E-state index < -0.39 is 0 Å². The number of hydrogen-bond acceptors (Lipinski definition) is 5. The number of amides is 3. The molecule has 0 spiro atoms. The summed E-state index contributed by atoms with van der Waals surface area (Å²) in [5.74, 6) is 0.0632. The molecule has 10 heteroatoms. The normalized spacial score (nSPS) is 20.3. The number of rotatable bonds is 5. The van der Waals surface area contributed by atoms with Crippen LogP contribution >= 0.6 is 23.2 Å². The Kier molecular flexibility index (Phi) is 7.90. The van der Waals surface area contributed by atoms with E-state index in [4.69, 9.17) is 23.2 Å². The summed E-state index contributed by atoms with van der Waals surface area (Å²) in [6, 6.07) is 4.35. The number of piperazine rings is 1. The van der Waals surface area contributed by atoms with Crippen molar-refractivity contribution in [3.63, 3.8) is 0 Å². The van der Waals surface area contributed by atoms with Crippen LogP contribution in [0.15, 0.2) is 12.1 Å². The van der Waals surface area contributed by atoms with Crippen LogP contribution in [0.5, 0.6) is 0 Å². The smallest absolute Gasteiger partial charge is 0.257 e. The van der Waals surface area contributed by atoms with Gasteiger partial charge in [-0.2, -0.15) is 0 Å². The molecule has 8 nitrogen and oxygen atoms in total. The highest BCUT2D eigenvalue weighted by molar-refractivity contribution is 6.40. The Morgan fingerprint density at radius 2 is 1.47 bits per heavy atom. The lowest BCUT2D eigenvalue weighted by molar-refractivity contribution is -0.132. The maximum atomic E-state index is 13.0. The monoisotopic (exact) mass is 509 g/mol. The molecule has 4 rings (SSSR count). The van der Waals surface area contributed by atoms with Crippen LogP contribution in [0, 0.1) is 0 Å². The molecule has 1 aromatic rings. The first-order valence-corrected chi connectivity index (χ1v) is 12.8. The minimum Gasteiger partial charge on any atom is -0.380 e. The van der Waals surface area contributed by atoms with Crippen molar-refractivity contribution in [2.75, 3.05) is 57.7 Å². The standard InChI is InChI=1S/C24H33Cl2N5O3/c1-3-22(33)29-6-4-19(5-7-29)31-14-18(15-31)27-17-12-20(25)23(21(26)13-17)24(34)30-10-8-28(9-11-30)16(2)32/h12-13,18-19,27H,3-11,14-15H2,1-2H3. The first-order valence-electron chi connectivity index (χ1n) is 12.1. The zero-order valence-electron chi connectivity index (χ0n) is 19.9. The molecule has 3 amide bonds. The van der Waals surface area contributed by atoms with Crippen molar-refractivity contribution in [2.24, 2.45) is 0 Å². The van der Waals surface area contributed by atoms with E-state index in [1.165, 1.54) is 6.92 Å². The van der Waals surface area contributed by atoms with Gasteiger partial charge >= 0.3 is 0 Å². The average molecular weight is 510 g/mol. The van der Waals surface area contributed by atoms with Crippen LogP contribution in [0.4, 0.5) is 5.69 Å². The molecule has 3 fully saturated rings. The molecule has 34 heavy (non-hydrogen) atoms. The summed E-state index contributed by atoms with van der Waals surface area (Å²) in [7, 11) is 0. The summed E-state index contributed by atoms with van der Waals surface area (Å²) in [4.78, 5) is 44.3. The van der Waals surface area contributed by atoms with Crippen LogP contribution in [-0.2, 0) is 9.59 Å². The SMILES string of the molecule is CCC(=O)N1CCC(N2CC(Nc3cc(Cl)c(C(=O)N4CCN(C(C)=O)CC4)c(Cl)c3)C2)CC1. The van der Waals surface area contributed by atoms with Crippen molar-refractivity contribution in [3.8, 4) is 0 Å². The maximum Gasteiger partial charge on any atom is 0.257 e. The first-order chi connectivity index (χ1) is 16.3. The van der Waals surface area contributed by atoms with E-state index in [-0.39, 0.29) is 17.7 Å². The second-order valence-corrected chi connectivity index (χ2v) is 10.2. The Morgan fingerprint density at radius 1 is 0.912 bits per heavy atom. The Hall–Kier alpha value is -2.03. The minimum absolute atomic E-state index is 0.0187. The Labute approximate surface area is 211 Å². The molecule has 0 aromatic heterocycles. The van der Waals surface area contributed by atoms with Crippen molar-refractivity contribution in [3.05, 3.63) is 27.7 Å². The molecule has 0 radical (unpaired) electrons. The van der Waals surface area contributed by atoms with Crippen LogP contribution in [0.1, 0.15) is 43.5 Å². The molecule has 3 aliphatic rings. The van der Waals surface area contributed by atoms with E-state index in [9.17, 15) is 14.4 Å². The Morgan fingerprint density at radius 3 is 2.00 bits per heavy atom. The van der Waals surface area contributed by atoms with Crippen molar-refractivity contribution >= 4 is 46.6 Å². The van der Waals surface area contributed by atoms with Crippen LogP contribution < -0.4 is 5.32 Å². The van der Waals surface area contributed by atoms with E-state index in [1.54, 1.807) is 21.9 Å². The maximum absolute atomic E-state index is 13.0. The number of piperidine rings is 1. The highest BCUT2D eigenvalue weighted by Crippen LogP contribution is 2.32. The second-order valence-electron chi connectivity index (χ2n) is 9.37. The lowest BCUT2D eigenvalue weighted by Gasteiger charge is -2.47. The molecule has 0 saturated carbocycles. The molecule has 0 aliphatic carbocycles. The van der Waals surface area contributed by atoms with Crippen molar-refractivity contribution < 1.29 is 14.4 Å². The van der Waals surface area contributed by atoms with E-state index in [2.05, 4.69) is 10.2 Å². The molecule has 0 atom stereocenters. The molecule has 0 bridgehead atoms. The van der Waals surface area contributed by atoms with Gasteiger partial charge in [-0.15, -0.1) is 0 Å². The number of nitrogens with one attached hydrogen (secondary N) is 1. The van der Waals surface area contributed by atoms with Gasteiger partial charge in [0.05, 0.1) is 21.7 Å². The number of anilines is 1. The zero-order chi connectivity index (χ0) is 24.4. The summed E-state index contributed by atoms with van der Waals surface area (Å²) in [6.45, 7) is 8.97. The number of benzene rings is 1. The van der Waals surface area contributed by atoms with Crippen LogP contribution in [0.3, 0.4) is 0 Å². The van der Waals surface area contributed by atoms with Gasteiger partial charge in [-0.1, -0.05) is 30.1 Å². The van der Waals surface area contributed by atoms with E-state index in [1.807, 2.05) is 11.8 Å². The van der Waals surface area contributed by atoms with Gasteiger partial charge in [0.25, 0.3) is 5.91 Å². The van der Waals surface area contributed by atoms with Gasteiger partial charge in [0.1, 0.15) is 0 Å². The highest BCUT2D eigenvalue weighted by Gasteiger charge is 2.35. The third-order valence-corrected chi connectivity index (χ3v) is 7.78. The van der Waals surface area contributed by atoms with Crippen molar-refractivity contribution in [2.45, 2.75) is 45.2 Å². The molecule has 186 valence electrons. The lowest BCUT2D eigenvalue weighted by Crippen LogP contribution is -2.60. The molecular formula is C24H33Cl2N5O3. The molecule has 3 saturated heterocycles. The third kappa shape index (κ3) is 5.44. The molecule has 3 heterocycles. The van der Waals surface area contributed by atoms with Gasteiger partial charge in [0.15, 0.2) is 0 Å². The summed E-state index contributed by atoms with van der Waals surface area (Å²) in [5, 5.41) is 4.15. The van der Waals surface area contributed by atoms with Crippen molar-refractivity contribution in [1.82, 2.24) is 19.6 Å². The largest absolute Gasteiger partial charge is 0.380 e. The number of halogens is 2. The molecule has 0 unspecified atom stereocenters. The molecule has 1 N–H and O–H groups in total. The molecular weight excluding hydrogens is 477 g/mol. The topological polar surface area (TPSA) is 76.2 Å². The summed E-state index contributed by atoms with van der Waals surface area (Å²) < 4.78 is 0. The van der Waals surface area contributed by atoms with Crippen LogP contribution in [0.2, 0.25) is 10.0 Å². The molecule has 3 aliphatic heterocycles. The van der Waals surface area contributed by atoms with Crippen LogP contribution in [-0.4, -0.2) is 102 Å². The van der Waals surface area contributed by atoms with Gasteiger partial charge in [0, 0.05) is 77.4 Å². The lowest BCUT2D eigenvalue weighted by atomic mass is 9.97. The quantitative estimate of drug-likeness (QED) is 0.660. The van der Waals surface area contributed by atoms with Gasteiger partial charge in [-0.3, -0.25) is 19.3 Å².